The highest BCUT2D eigenvalue weighted by Crippen LogP contribution is 2.34. The Kier molecular flexibility index (Phi) is 6.19. The molecule has 0 saturated heterocycles. The normalized spacial score (nSPS) is 19.0. The van der Waals surface area contributed by atoms with Gasteiger partial charge >= 0.3 is 5.97 Å². The van der Waals surface area contributed by atoms with Gasteiger partial charge in [-0.1, -0.05) is 48.5 Å². The third kappa shape index (κ3) is 4.52. The number of aliphatic imine (C=N–C) groups is 1. The van der Waals surface area contributed by atoms with Crippen molar-refractivity contribution in [2.75, 3.05) is 6.61 Å². The molecule has 0 aromatic heterocycles. The zero-order valence-electron chi connectivity index (χ0n) is 15.3. The Balaban J connectivity index is 1.90. The molecule has 27 heavy (non-hydrogen) atoms. The van der Waals surface area contributed by atoms with Crippen molar-refractivity contribution >= 4 is 29.0 Å². The molecular weight excluding hydrogens is 360 g/mol. The van der Waals surface area contributed by atoms with Crippen molar-refractivity contribution in [1.29, 1.82) is 0 Å². The second-order valence-corrected chi connectivity index (χ2v) is 6.61. The minimum absolute atomic E-state index is 0.311. The minimum atomic E-state index is -0.557. The quantitative estimate of drug-likeness (QED) is 0.608. The molecule has 0 saturated carbocycles. The van der Waals surface area contributed by atoms with Crippen LogP contribution in [0, 0.1) is 5.92 Å². The summed E-state index contributed by atoms with van der Waals surface area (Å²) in [6.07, 6.45) is 0. The maximum Gasteiger partial charge on any atom is 0.317 e. The first-order valence-electron chi connectivity index (χ1n) is 8.88. The molecule has 2 unspecified atom stereocenters. The summed E-state index contributed by atoms with van der Waals surface area (Å²) in [5.74, 6) is -0.180. The number of para-hydroxylation sites is 1. The Hall–Kier alpha value is -2.73. The number of carbonyl (C=O) groups excluding carboxylic acids is 1. The van der Waals surface area contributed by atoms with Gasteiger partial charge in [0.2, 0.25) is 0 Å². The molecule has 2 aromatic rings. The number of ether oxygens (including phenoxy) is 2. The largest absolute Gasteiger partial charge is 0.489 e. The van der Waals surface area contributed by atoms with Crippen molar-refractivity contribution in [2.45, 2.75) is 26.5 Å². The predicted octanol–water partition coefficient (Wildman–Crippen LogP) is 3.84. The van der Waals surface area contributed by atoms with E-state index in [2.05, 4.69) is 10.3 Å². The summed E-state index contributed by atoms with van der Waals surface area (Å²) in [6, 6.07) is 17.2. The first-order valence-corrected chi connectivity index (χ1v) is 9.29. The highest BCUT2D eigenvalue weighted by atomic mass is 32.1. The zero-order chi connectivity index (χ0) is 19.2. The molecule has 0 spiro atoms. The van der Waals surface area contributed by atoms with Crippen LogP contribution in [0.25, 0.3) is 0 Å². The summed E-state index contributed by atoms with van der Waals surface area (Å²) in [5, 5.41) is 3.51. The molecular formula is C21H22N2O3S. The first-order chi connectivity index (χ1) is 13.1. The van der Waals surface area contributed by atoms with Gasteiger partial charge in [-0.2, -0.15) is 0 Å². The van der Waals surface area contributed by atoms with E-state index in [1.54, 1.807) is 13.8 Å². The van der Waals surface area contributed by atoms with Gasteiger partial charge in [0.05, 0.1) is 12.6 Å². The maximum atomic E-state index is 12.6. The standard InChI is InChI=1S/C21H22N2O3S/c1-3-25-20(24)18-14(2)22-21(27)23-19(18)16-11-7-8-12-17(16)26-13-15-9-5-4-6-10-15/h4-12,18-19H,3,13H2,1-2H3,(H,23,27). The van der Waals surface area contributed by atoms with E-state index in [1.165, 1.54) is 0 Å². The van der Waals surface area contributed by atoms with Crippen LogP contribution in [0.15, 0.2) is 59.6 Å². The first kappa shape index (κ1) is 19.0. The van der Waals surface area contributed by atoms with E-state index in [-0.39, 0.29) is 12.0 Å². The Bertz CT molecular complexity index is 852. The lowest BCUT2D eigenvalue weighted by molar-refractivity contribution is -0.146. The predicted molar refractivity (Wildman–Crippen MR) is 109 cm³/mol. The van der Waals surface area contributed by atoms with Crippen molar-refractivity contribution in [3.05, 3.63) is 65.7 Å². The van der Waals surface area contributed by atoms with Crippen LogP contribution in [0.3, 0.4) is 0 Å². The van der Waals surface area contributed by atoms with Gasteiger partial charge in [-0.15, -0.1) is 0 Å². The smallest absolute Gasteiger partial charge is 0.317 e. The number of rotatable bonds is 6. The molecule has 3 rings (SSSR count). The highest BCUT2D eigenvalue weighted by molar-refractivity contribution is 7.80. The van der Waals surface area contributed by atoms with Crippen molar-refractivity contribution in [3.63, 3.8) is 0 Å². The molecule has 1 heterocycles. The molecule has 1 N–H and O–H groups in total. The van der Waals surface area contributed by atoms with Crippen molar-refractivity contribution in [2.24, 2.45) is 10.9 Å². The van der Waals surface area contributed by atoms with E-state index >= 15 is 0 Å². The number of benzene rings is 2. The molecule has 0 fully saturated rings. The number of hydrogen-bond acceptors (Lipinski definition) is 4. The molecule has 0 bridgehead atoms. The van der Waals surface area contributed by atoms with Crippen molar-refractivity contribution in [3.8, 4) is 5.75 Å². The Morgan fingerprint density at radius 2 is 1.85 bits per heavy atom. The summed E-state index contributed by atoms with van der Waals surface area (Å²) in [4.78, 5) is 16.8. The Labute approximate surface area is 164 Å². The molecule has 0 amide bonds. The van der Waals surface area contributed by atoms with Crippen LogP contribution in [0.5, 0.6) is 5.75 Å². The van der Waals surface area contributed by atoms with E-state index in [0.717, 1.165) is 11.1 Å². The molecule has 2 aromatic carbocycles. The Morgan fingerprint density at radius 3 is 2.59 bits per heavy atom. The third-order valence-corrected chi connectivity index (χ3v) is 4.58. The van der Waals surface area contributed by atoms with E-state index in [1.807, 2.05) is 54.6 Å². The molecule has 6 heteroatoms. The van der Waals surface area contributed by atoms with Gasteiger partial charge in [-0.05, 0) is 37.7 Å². The average Bonchev–Trinajstić information content (AvgIpc) is 2.67. The van der Waals surface area contributed by atoms with Gasteiger partial charge < -0.3 is 14.8 Å². The van der Waals surface area contributed by atoms with Crippen LogP contribution in [0.1, 0.15) is 31.0 Å². The van der Waals surface area contributed by atoms with Crippen molar-refractivity contribution < 1.29 is 14.3 Å². The number of esters is 1. The summed E-state index contributed by atoms with van der Waals surface area (Å²) in [5.41, 5.74) is 2.56. The van der Waals surface area contributed by atoms with Crippen LogP contribution >= 0.6 is 12.2 Å². The fourth-order valence-electron chi connectivity index (χ4n) is 3.12. The minimum Gasteiger partial charge on any atom is -0.489 e. The number of hydrogen-bond donors (Lipinski definition) is 1. The topological polar surface area (TPSA) is 59.9 Å². The van der Waals surface area contributed by atoms with E-state index in [0.29, 0.717) is 29.8 Å². The molecule has 2 atom stereocenters. The molecule has 5 nitrogen and oxygen atoms in total. The second kappa shape index (κ2) is 8.77. The average molecular weight is 382 g/mol. The number of nitrogens with one attached hydrogen (secondary N) is 1. The van der Waals surface area contributed by atoms with Gasteiger partial charge in [-0.3, -0.25) is 4.79 Å². The van der Waals surface area contributed by atoms with Gasteiger partial charge in [0.15, 0.2) is 5.11 Å². The third-order valence-electron chi connectivity index (χ3n) is 4.37. The summed E-state index contributed by atoms with van der Waals surface area (Å²) < 4.78 is 11.3. The number of thiocarbonyl (C=S) groups is 1. The van der Waals surface area contributed by atoms with Gasteiger partial charge in [0.25, 0.3) is 0 Å². The van der Waals surface area contributed by atoms with Gasteiger partial charge in [0, 0.05) is 11.3 Å². The summed E-state index contributed by atoms with van der Waals surface area (Å²) >= 11 is 5.26. The van der Waals surface area contributed by atoms with Crippen LogP contribution in [-0.2, 0) is 16.1 Å². The lowest BCUT2D eigenvalue weighted by Gasteiger charge is -2.31. The lowest BCUT2D eigenvalue weighted by atomic mass is 9.88. The van der Waals surface area contributed by atoms with Crippen LogP contribution < -0.4 is 10.1 Å². The highest BCUT2D eigenvalue weighted by Gasteiger charge is 2.38. The fourth-order valence-corrected chi connectivity index (χ4v) is 3.39. The Morgan fingerprint density at radius 1 is 1.15 bits per heavy atom. The van der Waals surface area contributed by atoms with Crippen LogP contribution in [0.2, 0.25) is 0 Å². The maximum absolute atomic E-state index is 12.6. The lowest BCUT2D eigenvalue weighted by Crippen LogP contribution is -2.44. The van der Waals surface area contributed by atoms with Crippen molar-refractivity contribution in [1.82, 2.24) is 5.32 Å². The van der Waals surface area contributed by atoms with E-state index in [9.17, 15) is 4.79 Å². The second-order valence-electron chi connectivity index (χ2n) is 6.22. The SMILES string of the molecule is CCOC(=O)C1C(C)=NC(=S)NC1c1ccccc1OCc1ccccc1. The van der Waals surface area contributed by atoms with Crippen LogP contribution in [0.4, 0.5) is 0 Å². The summed E-state index contributed by atoms with van der Waals surface area (Å²) in [6.45, 7) is 4.34. The molecule has 140 valence electrons. The molecule has 0 aliphatic carbocycles. The molecule has 0 radical (unpaired) electrons. The van der Waals surface area contributed by atoms with E-state index in [4.69, 9.17) is 21.7 Å². The van der Waals surface area contributed by atoms with Gasteiger partial charge in [0.1, 0.15) is 18.3 Å². The van der Waals surface area contributed by atoms with Crippen LogP contribution in [-0.4, -0.2) is 23.4 Å². The monoisotopic (exact) mass is 382 g/mol. The number of carbonyl (C=O) groups is 1. The zero-order valence-corrected chi connectivity index (χ0v) is 16.2. The molecule has 1 aliphatic rings. The number of nitrogens with zero attached hydrogens (tertiary/aromatic N) is 1. The molecule has 1 aliphatic heterocycles. The summed E-state index contributed by atoms with van der Waals surface area (Å²) in [7, 11) is 0. The van der Waals surface area contributed by atoms with Gasteiger partial charge in [-0.25, -0.2) is 4.99 Å². The van der Waals surface area contributed by atoms with E-state index < -0.39 is 5.92 Å². The fraction of sp³-hybridized carbons (Fsp3) is 0.286.